The molecule has 1 atom stereocenters. The third-order valence-corrected chi connectivity index (χ3v) is 8.57. The van der Waals surface area contributed by atoms with Crippen molar-refractivity contribution >= 4 is 15.7 Å². The van der Waals surface area contributed by atoms with Gasteiger partial charge in [-0.1, -0.05) is 68.7 Å². The molecule has 1 N–H and O–H groups in total. The van der Waals surface area contributed by atoms with E-state index >= 15 is 0 Å². The van der Waals surface area contributed by atoms with E-state index in [-0.39, 0.29) is 21.8 Å². The van der Waals surface area contributed by atoms with Crippen molar-refractivity contribution in [2.45, 2.75) is 68.4 Å². The average molecular weight is 509 g/mol. The molecule has 1 aliphatic heterocycles. The van der Waals surface area contributed by atoms with Crippen molar-refractivity contribution in [2.75, 3.05) is 19.6 Å². The third-order valence-electron chi connectivity index (χ3n) is 6.93. The van der Waals surface area contributed by atoms with Crippen LogP contribution in [-0.2, 0) is 9.84 Å². The smallest absolute Gasteiger partial charge is 0.287 e. The molecule has 0 spiro atoms. The molecule has 0 radical (unpaired) electrons. The fourth-order valence-corrected chi connectivity index (χ4v) is 5.84. The van der Waals surface area contributed by atoms with Crippen LogP contribution in [0.25, 0.3) is 0 Å². The summed E-state index contributed by atoms with van der Waals surface area (Å²) in [5.41, 5.74) is 3.42. The van der Waals surface area contributed by atoms with Gasteiger partial charge in [-0.2, -0.15) is 0 Å². The Bertz CT molecular complexity index is 1250. The van der Waals surface area contributed by atoms with Gasteiger partial charge in [-0.3, -0.25) is 9.69 Å². The van der Waals surface area contributed by atoms with Gasteiger partial charge in [0.25, 0.3) is 5.91 Å². The van der Waals surface area contributed by atoms with Crippen LogP contribution in [0.3, 0.4) is 0 Å². The molecule has 1 aromatic heterocycles. The molecule has 36 heavy (non-hydrogen) atoms. The first kappa shape index (κ1) is 26.2. The number of hydrogen-bond donors (Lipinski definition) is 1. The van der Waals surface area contributed by atoms with Crippen molar-refractivity contribution < 1.29 is 17.6 Å². The Morgan fingerprint density at radius 1 is 0.889 bits per heavy atom. The van der Waals surface area contributed by atoms with Gasteiger partial charge in [-0.15, -0.1) is 0 Å². The Labute approximate surface area is 214 Å². The van der Waals surface area contributed by atoms with Gasteiger partial charge in [0.1, 0.15) is 0 Å². The zero-order valence-corrected chi connectivity index (χ0v) is 22.2. The quantitative estimate of drug-likeness (QED) is 0.410. The van der Waals surface area contributed by atoms with Crippen LogP contribution in [0.4, 0.5) is 0 Å². The number of likely N-dealkylation sites (tertiary alicyclic amines) is 1. The highest BCUT2D eigenvalue weighted by molar-refractivity contribution is 7.91. The predicted octanol–water partition coefficient (Wildman–Crippen LogP) is 5.89. The van der Waals surface area contributed by atoms with Crippen molar-refractivity contribution in [2.24, 2.45) is 0 Å². The van der Waals surface area contributed by atoms with E-state index in [0.717, 1.165) is 31.5 Å². The van der Waals surface area contributed by atoms with Gasteiger partial charge in [-0.25, -0.2) is 8.42 Å². The zero-order valence-electron chi connectivity index (χ0n) is 21.4. The second kappa shape index (κ2) is 11.4. The monoisotopic (exact) mass is 508 g/mol. The fraction of sp³-hybridized carbons (Fsp3) is 0.414. The fourth-order valence-electron chi connectivity index (χ4n) is 4.66. The molecule has 0 bridgehead atoms. The number of nitrogens with one attached hydrogen (secondary N) is 1. The Kier molecular flexibility index (Phi) is 8.32. The number of aryl methyl sites for hydroxylation is 1. The standard InChI is InChI=1S/C29H36N2O4S/c1-21(2)23-10-12-24(13-11-23)26(31-18-6-4-5-7-19-31)20-30-29(32)27-16-17-28(35-27)36(33,34)25-14-8-22(3)9-15-25/h8-17,21,26H,4-7,18-20H2,1-3H3,(H,30,32). The van der Waals surface area contributed by atoms with E-state index in [2.05, 4.69) is 48.3 Å². The number of furan rings is 1. The maximum absolute atomic E-state index is 13.0. The minimum atomic E-state index is -3.83. The normalized spacial score (nSPS) is 16.0. The molecule has 3 aromatic rings. The maximum Gasteiger partial charge on any atom is 0.287 e. The number of benzene rings is 2. The number of nitrogens with zero attached hydrogens (tertiary/aromatic N) is 1. The highest BCUT2D eigenvalue weighted by atomic mass is 32.2. The molecule has 1 saturated heterocycles. The first-order valence-corrected chi connectivity index (χ1v) is 14.3. The van der Waals surface area contributed by atoms with Gasteiger partial charge < -0.3 is 9.73 Å². The van der Waals surface area contributed by atoms with Crippen LogP contribution in [0.5, 0.6) is 0 Å². The molecule has 0 aliphatic carbocycles. The molecular formula is C29H36N2O4S. The number of sulfone groups is 1. The Morgan fingerprint density at radius 2 is 1.50 bits per heavy atom. The number of rotatable bonds is 8. The molecule has 1 unspecified atom stereocenters. The molecule has 1 amide bonds. The molecule has 0 saturated carbocycles. The predicted molar refractivity (Wildman–Crippen MR) is 141 cm³/mol. The lowest BCUT2D eigenvalue weighted by atomic mass is 9.98. The summed E-state index contributed by atoms with van der Waals surface area (Å²) in [5.74, 6) is 0.0316. The van der Waals surface area contributed by atoms with E-state index in [1.807, 2.05) is 6.92 Å². The molecule has 2 heterocycles. The molecule has 7 heteroatoms. The summed E-state index contributed by atoms with van der Waals surface area (Å²) in [4.78, 5) is 15.6. The molecule has 1 fully saturated rings. The summed E-state index contributed by atoms with van der Waals surface area (Å²) < 4.78 is 31.4. The molecule has 4 rings (SSSR count). The largest absolute Gasteiger partial charge is 0.439 e. The second-order valence-corrected chi connectivity index (χ2v) is 11.8. The van der Waals surface area contributed by atoms with E-state index in [4.69, 9.17) is 4.42 Å². The van der Waals surface area contributed by atoms with Gasteiger partial charge in [0.2, 0.25) is 14.9 Å². The minimum absolute atomic E-state index is 0.00883. The van der Waals surface area contributed by atoms with E-state index in [1.165, 1.54) is 36.1 Å². The number of amides is 1. The molecule has 192 valence electrons. The summed E-state index contributed by atoms with van der Waals surface area (Å²) in [5, 5.41) is 2.76. The van der Waals surface area contributed by atoms with Crippen LogP contribution in [0, 0.1) is 6.92 Å². The van der Waals surface area contributed by atoms with Gasteiger partial charge in [0.15, 0.2) is 5.76 Å². The van der Waals surface area contributed by atoms with Crippen LogP contribution >= 0.6 is 0 Å². The number of carbonyl (C=O) groups excluding carboxylic acids is 1. The van der Waals surface area contributed by atoms with E-state index in [9.17, 15) is 13.2 Å². The first-order chi connectivity index (χ1) is 17.3. The second-order valence-electron chi connectivity index (χ2n) is 9.93. The molecular weight excluding hydrogens is 472 g/mol. The van der Waals surface area contributed by atoms with Gasteiger partial charge in [-0.05, 0) is 74.2 Å². The van der Waals surface area contributed by atoms with Crippen molar-refractivity contribution in [1.29, 1.82) is 0 Å². The summed E-state index contributed by atoms with van der Waals surface area (Å²) >= 11 is 0. The van der Waals surface area contributed by atoms with Crippen molar-refractivity contribution in [3.63, 3.8) is 0 Å². The number of carbonyl (C=O) groups is 1. The highest BCUT2D eigenvalue weighted by Crippen LogP contribution is 2.27. The average Bonchev–Trinajstić information content (AvgIpc) is 3.23. The van der Waals surface area contributed by atoms with Crippen molar-refractivity contribution in [1.82, 2.24) is 10.2 Å². The highest BCUT2D eigenvalue weighted by Gasteiger charge is 2.26. The lowest BCUT2D eigenvalue weighted by Crippen LogP contribution is -2.38. The Morgan fingerprint density at radius 3 is 2.11 bits per heavy atom. The summed E-state index contributed by atoms with van der Waals surface area (Å²) in [6.07, 6.45) is 4.75. The van der Waals surface area contributed by atoms with Gasteiger partial charge >= 0.3 is 0 Å². The zero-order chi connectivity index (χ0) is 25.7. The van der Waals surface area contributed by atoms with Gasteiger partial charge in [0.05, 0.1) is 10.9 Å². The van der Waals surface area contributed by atoms with E-state index < -0.39 is 15.7 Å². The van der Waals surface area contributed by atoms with E-state index in [1.54, 1.807) is 24.3 Å². The lowest BCUT2D eigenvalue weighted by molar-refractivity contribution is 0.0900. The van der Waals surface area contributed by atoms with Crippen LogP contribution in [0.1, 0.15) is 78.7 Å². The first-order valence-electron chi connectivity index (χ1n) is 12.8. The van der Waals surface area contributed by atoms with Gasteiger partial charge in [0, 0.05) is 6.54 Å². The van der Waals surface area contributed by atoms with Crippen molar-refractivity contribution in [3.05, 3.63) is 83.1 Å². The topological polar surface area (TPSA) is 79.6 Å². The van der Waals surface area contributed by atoms with E-state index in [0.29, 0.717) is 12.5 Å². The number of hydrogen-bond acceptors (Lipinski definition) is 5. The molecule has 2 aromatic carbocycles. The van der Waals surface area contributed by atoms with Crippen LogP contribution in [0.2, 0.25) is 0 Å². The summed E-state index contributed by atoms with van der Waals surface area (Å²) in [6.45, 7) is 8.65. The Hall–Kier alpha value is -2.90. The lowest BCUT2D eigenvalue weighted by Gasteiger charge is -2.31. The summed E-state index contributed by atoms with van der Waals surface area (Å²) in [7, 11) is -3.83. The van der Waals surface area contributed by atoms with Crippen LogP contribution in [-0.4, -0.2) is 38.9 Å². The SMILES string of the molecule is Cc1ccc(S(=O)(=O)c2ccc(C(=O)NCC(c3ccc(C(C)C)cc3)N3CCCCCC3)o2)cc1. The van der Waals surface area contributed by atoms with Crippen molar-refractivity contribution in [3.8, 4) is 0 Å². The molecule has 1 aliphatic rings. The maximum atomic E-state index is 13.0. The summed E-state index contributed by atoms with van der Waals surface area (Å²) in [6, 6.07) is 18.0. The molecule has 6 nitrogen and oxygen atoms in total. The minimum Gasteiger partial charge on any atom is -0.439 e. The Balaban J connectivity index is 1.50. The third kappa shape index (κ3) is 6.08. The van der Waals surface area contributed by atoms with Crippen LogP contribution in [0.15, 0.2) is 75.1 Å². The van der Waals surface area contributed by atoms with Crippen LogP contribution < -0.4 is 5.32 Å².